The number of nitrogens with zero attached hydrogens (tertiary/aromatic N) is 4. The van der Waals surface area contributed by atoms with Gasteiger partial charge >= 0.3 is 6.18 Å². The lowest BCUT2D eigenvalue weighted by molar-refractivity contribution is -0.141. The van der Waals surface area contributed by atoms with Gasteiger partial charge in [0.25, 0.3) is 0 Å². The van der Waals surface area contributed by atoms with Crippen LogP contribution in [0.4, 0.5) is 19.0 Å². The molecule has 2 aromatic heterocycles. The number of rotatable bonds is 5. The molecule has 2 aliphatic heterocycles. The molecule has 1 amide bonds. The molecule has 5 rings (SSSR count). The Hall–Kier alpha value is -2.73. The minimum Gasteiger partial charge on any atom is -0.389 e. The topological polar surface area (TPSA) is 92.5 Å². The van der Waals surface area contributed by atoms with Crippen molar-refractivity contribution in [3.05, 3.63) is 52.9 Å². The van der Waals surface area contributed by atoms with Crippen LogP contribution in [0.25, 0.3) is 10.8 Å². The summed E-state index contributed by atoms with van der Waals surface area (Å²) in [6.07, 6.45) is -0.605. The molecular weight excluding hydrogens is 511 g/mol. The molecule has 0 saturated carbocycles. The second kappa shape index (κ2) is 9.86. The van der Waals surface area contributed by atoms with Gasteiger partial charge < -0.3 is 15.2 Å². The zero-order valence-electron chi connectivity index (χ0n) is 20.1. The number of nitrogens with one attached hydrogen (secondary N) is 1. The van der Waals surface area contributed by atoms with Gasteiger partial charge in [0, 0.05) is 22.8 Å². The number of ether oxygens (including phenoxy) is 1. The molecule has 2 aliphatic rings. The fraction of sp³-hybridized carbons (Fsp3) is 0.480. The Morgan fingerprint density at radius 1 is 1.27 bits per heavy atom. The van der Waals surface area contributed by atoms with E-state index < -0.39 is 23.9 Å². The Balaban J connectivity index is 1.27. The van der Waals surface area contributed by atoms with Gasteiger partial charge in [-0.3, -0.25) is 14.4 Å². The molecule has 0 bridgehead atoms. The summed E-state index contributed by atoms with van der Waals surface area (Å²) in [4.78, 5) is 18.9. The maximum Gasteiger partial charge on any atom is 0.435 e. The van der Waals surface area contributed by atoms with E-state index in [4.69, 9.17) is 16.3 Å². The van der Waals surface area contributed by atoms with E-state index in [-0.39, 0.29) is 23.8 Å². The molecule has 0 spiro atoms. The van der Waals surface area contributed by atoms with Crippen LogP contribution in [0.3, 0.4) is 0 Å². The van der Waals surface area contributed by atoms with E-state index in [9.17, 15) is 23.1 Å². The summed E-state index contributed by atoms with van der Waals surface area (Å²) in [7, 11) is 0. The van der Waals surface area contributed by atoms with Gasteiger partial charge in [-0.25, -0.2) is 4.98 Å². The molecule has 2 saturated heterocycles. The molecule has 8 nitrogen and oxygen atoms in total. The van der Waals surface area contributed by atoms with Crippen LogP contribution in [0, 0.1) is 0 Å². The third kappa shape index (κ3) is 5.31. The zero-order valence-corrected chi connectivity index (χ0v) is 20.9. The molecule has 0 radical (unpaired) electrons. The van der Waals surface area contributed by atoms with Crippen molar-refractivity contribution < 1.29 is 27.8 Å². The number of aliphatic hydroxyl groups is 1. The Morgan fingerprint density at radius 3 is 2.68 bits per heavy atom. The van der Waals surface area contributed by atoms with Crippen LogP contribution in [0.5, 0.6) is 0 Å². The molecule has 0 aliphatic carbocycles. The molecule has 4 heterocycles. The highest BCUT2D eigenvalue weighted by atomic mass is 35.5. The highest BCUT2D eigenvalue weighted by molar-refractivity contribution is 6.32. The van der Waals surface area contributed by atoms with E-state index >= 15 is 0 Å². The van der Waals surface area contributed by atoms with Crippen LogP contribution in [-0.4, -0.2) is 68.6 Å². The predicted molar refractivity (Wildman–Crippen MR) is 131 cm³/mol. The summed E-state index contributed by atoms with van der Waals surface area (Å²) in [5.74, 6) is -0.0196. The SMILES string of the molecule is C[C@]1(N2CCC(c3cc4cc(NC(=O)Cn5ccc(C(F)(F)F)n5)ncc4cc3Cl)CC2)COC[C@H]1O. The average Bonchev–Trinajstić information content (AvgIpc) is 3.46. The fourth-order valence-corrected chi connectivity index (χ4v) is 5.48. The number of fused-ring (bicyclic) bond motifs is 1. The molecule has 3 aromatic rings. The summed E-state index contributed by atoms with van der Waals surface area (Å²) < 4.78 is 44.6. The quantitative estimate of drug-likeness (QED) is 0.510. The van der Waals surface area contributed by atoms with Gasteiger partial charge in [-0.1, -0.05) is 11.6 Å². The van der Waals surface area contributed by atoms with Gasteiger partial charge in [-0.05, 0) is 74.0 Å². The second-order valence-corrected chi connectivity index (χ2v) is 10.3. The summed E-state index contributed by atoms with van der Waals surface area (Å²) in [6, 6.07) is 6.41. The lowest BCUT2D eigenvalue weighted by Crippen LogP contribution is -2.56. The van der Waals surface area contributed by atoms with E-state index in [1.165, 1.54) is 0 Å². The number of pyridine rings is 1. The van der Waals surface area contributed by atoms with Gasteiger partial charge in [0.2, 0.25) is 5.91 Å². The maximum absolute atomic E-state index is 12.7. The largest absolute Gasteiger partial charge is 0.435 e. The number of anilines is 1. The number of aliphatic hydroxyl groups excluding tert-OH is 1. The number of piperidine rings is 1. The first-order valence-electron chi connectivity index (χ1n) is 12.0. The van der Waals surface area contributed by atoms with Gasteiger partial charge in [0.1, 0.15) is 12.4 Å². The zero-order chi connectivity index (χ0) is 26.4. The smallest absolute Gasteiger partial charge is 0.389 e. The lowest BCUT2D eigenvalue weighted by Gasteiger charge is -2.43. The molecule has 37 heavy (non-hydrogen) atoms. The second-order valence-electron chi connectivity index (χ2n) is 9.88. The van der Waals surface area contributed by atoms with Crippen molar-refractivity contribution in [1.82, 2.24) is 19.7 Å². The van der Waals surface area contributed by atoms with Crippen LogP contribution in [0.1, 0.15) is 36.9 Å². The first-order valence-corrected chi connectivity index (χ1v) is 12.4. The van der Waals surface area contributed by atoms with Crippen molar-refractivity contribution in [3.8, 4) is 0 Å². The molecule has 2 fully saturated rings. The molecule has 0 unspecified atom stereocenters. The summed E-state index contributed by atoms with van der Waals surface area (Å²) in [5, 5.41) is 18.7. The van der Waals surface area contributed by atoms with E-state index in [1.807, 2.05) is 19.1 Å². The van der Waals surface area contributed by atoms with Crippen LogP contribution < -0.4 is 5.32 Å². The lowest BCUT2D eigenvalue weighted by atomic mass is 9.85. The third-order valence-electron chi connectivity index (χ3n) is 7.39. The van der Waals surface area contributed by atoms with Crippen molar-refractivity contribution in [2.75, 3.05) is 31.6 Å². The maximum atomic E-state index is 12.7. The summed E-state index contributed by atoms with van der Waals surface area (Å²) in [6.45, 7) is 4.17. The van der Waals surface area contributed by atoms with Crippen molar-refractivity contribution in [2.24, 2.45) is 0 Å². The van der Waals surface area contributed by atoms with Crippen LogP contribution in [-0.2, 0) is 22.3 Å². The molecule has 2 N–H and O–H groups in total. The number of carbonyl (C=O) groups is 1. The highest BCUT2D eigenvalue weighted by Crippen LogP contribution is 2.38. The van der Waals surface area contributed by atoms with Crippen LogP contribution in [0.15, 0.2) is 36.7 Å². The Morgan fingerprint density at radius 2 is 2.03 bits per heavy atom. The number of benzene rings is 1. The number of likely N-dealkylation sites (tertiary alicyclic amines) is 1. The van der Waals surface area contributed by atoms with Crippen LogP contribution in [0.2, 0.25) is 5.02 Å². The number of halogens is 4. The number of aromatic nitrogens is 3. The first kappa shape index (κ1) is 25.9. The summed E-state index contributed by atoms with van der Waals surface area (Å²) in [5.41, 5.74) is -0.412. The average molecular weight is 538 g/mol. The molecule has 1 aromatic carbocycles. The Kier molecular flexibility index (Phi) is 6.90. The Labute approximate surface area is 216 Å². The van der Waals surface area contributed by atoms with Crippen LogP contribution >= 0.6 is 11.6 Å². The van der Waals surface area contributed by atoms with Crippen molar-refractivity contribution in [2.45, 2.75) is 50.0 Å². The number of carbonyl (C=O) groups excluding carboxylic acids is 1. The minimum atomic E-state index is -4.57. The first-order chi connectivity index (χ1) is 17.5. The molecular formula is C25H27ClF3N5O3. The van der Waals surface area contributed by atoms with E-state index in [0.717, 1.165) is 59.2 Å². The van der Waals surface area contributed by atoms with Gasteiger partial charge in [-0.15, -0.1) is 0 Å². The van der Waals surface area contributed by atoms with Crippen molar-refractivity contribution >= 4 is 34.1 Å². The normalized spacial score (nSPS) is 23.6. The van der Waals surface area contributed by atoms with Crippen molar-refractivity contribution in [3.63, 3.8) is 0 Å². The molecule has 2 atom stereocenters. The predicted octanol–water partition coefficient (Wildman–Crippen LogP) is 4.07. The minimum absolute atomic E-state index is 0.241. The third-order valence-corrected chi connectivity index (χ3v) is 7.71. The highest BCUT2D eigenvalue weighted by Gasteiger charge is 2.45. The van der Waals surface area contributed by atoms with Gasteiger partial charge in [0.15, 0.2) is 5.69 Å². The van der Waals surface area contributed by atoms with Crippen molar-refractivity contribution in [1.29, 1.82) is 0 Å². The molecule has 12 heteroatoms. The summed E-state index contributed by atoms with van der Waals surface area (Å²) >= 11 is 6.64. The van der Waals surface area contributed by atoms with Gasteiger partial charge in [-0.2, -0.15) is 18.3 Å². The number of hydrogen-bond acceptors (Lipinski definition) is 6. The van der Waals surface area contributed by atoms with Gasteiger partial charge in [0.05, 0.1) is 24.9 Å². The van der Waals surface area contributed by atoms with E-state index in [2.05, 4.69) is 20.3 Å². The fourth-order valence-electron chi connectivity index (χ4n) is 5.15. The monoisotopic (exact) mass is 537 g/mol. The van der Waals surface area contributed by atoms with E-state index in [0.29, 0.717) is 18.2 Å². The standard InChI is InChI=1S/C25H27ClF3N5O3/c1-24(14-37-13-21(24)35)33-5-2-15(3-6-33)18-8-16-10-22(30-11-17(16)9-19(18)26)31-23(36)12-34-7-4-20(32-34)25(27,28)29/h4,7-11,15,21,35H,2-3,5-6,12-14H2,1H3,(H,30,31,36)/t21-,24+/m1/s1. The molecule has 198 valence electrons. The number of hydrogen-bond donors (Lipinski definition) is 2. The Bertz CT molecular complexity index is 1310. The number of alkyl halides is 3. The van der Waals surface area contributed by atoms with E-state index in [1.54, 1.807) is 12.3 Å². The number of amides is 1.